The van der Waals surface area contributed by atoms with E-state index in [1.807, 2.05) is 12.1 Å². The first-order valence-electron chi connectivity index (χ1n) is 9.57. The fourth-order valence-electron chi connectivity index (χ4n) is 3.46. The number of halogens is 3. The van der Waals surface area contributed by atoms with Gasteiger partial charge in [0.15, 0.2) is 5.78 Å². The van der Waals surface area contributed by atoms with Crippen LogP contribution in [0.25, 0.3) is 0 Å². The van der Waals surface area contributed by atoms with Crippen molar-refractivity contribution < 1.29 is 27.2 Å². The minimum atomic E-state index is -4.96. The second-order valence-electron chi connectivity index (χ2n) is 7.12. The number of hydrogen-bond acceptors (Lipinski definition) is 4. The molecule has 0 saturated carbocycles. The molecule has 0 radical (unpaired) electrons. The molecule has 0 atom stereocenters. The van der Waals surface area contributed by atoms with Gasteiger partial charge in [-0.1, -0.05) is 12.1 Å². The Kier molecular flexibility index (Phi) is 6.74. The Morgan fingerprint density at radius 2 is 1.86 bits per heavy atom. The fraction of sp³-hybridized carbons (Fsp3) is 0.429. The summed E-state index contributed by atoms with van der Waals surface area (Å²) in [5.74, 6) is -2.04. The minimum absolute atomic E-state index is 0.0735. The lowest BCUT2D eigenvalue weighted by Gasteiger charge is -2.23. The van der Waals surface area contributed by atoms with Gasteiger partial charge < -0.3 is 14.6 Å². The van der Waals surface area contributed by atoms with Crippen molar-refractivity contribution in [2.24, 2.45) is 0 Å². The number of carbonyl (C=O) groups excluding carboxylic acids is 2. The average molecular weight is 408 g/mol. The van der Waals surface area contributed by atoms with Gasteiger partial charge >= 0.3 is 12.1 Å². The van der Waals surface area contributed by atoms with Gasteiger partial charge in [-0.25, -0.2) is 0 Å². The molecular formula is C21H23F3N2O3. The first kappa shape index (κ1) is 21.1. The van der Waals surface area contributed by atoms with Gasteiger partial charge in [-0.2, -0.15) is 13.2 Å². The highest BCUT2D eigenvalue weighted by molar-refractivity contribution is 5.96. The third-order valence-corrected chi connectivity index (χ3v) is 4.99. The normalized spacial score (nSPS) is 14.2. The molecular weight excluding hydrogens is 385 g/mol. The van der Waals surface area contributed by atoms with Crippen molar-refractivity contribution in [1.29, 1.82) is 0 Å². The Balaban J connectivity index is 1.60. The molecule has 0 unspecified atom stereocenters. The van der Waals surface area contributed by atoms with E-state index in [0.29, 0.717) is 16.0 Å². The topological polar surface area (TPSA) is 62.6 Å². The highest BCUT2D eigenvalue weighted by Crippen LogP contribution is 2.21. The maximum absolute atomic E-state index is 12.9. The molecule has 1 aliphatic heterocycles. The zero-order valence-electron chi connectivity index (χ0n) is 15.9. The standard InChI is InChI=1S/C21H23F3N2O3/c22-21(23,24)20(28)26(13-15-7-11-29-14-15)10-1-2-19(27)18-4-3-16-5-8-25-9-6-17(16)12-18/h3-4,7,11-12,14,25H,1-2,5-6,8-10,13H2. The maximum atomic E-state index is 12.9. The smallest absolute Gasteiger partial charge is 0.471 e. The third-order valence-electron chi connectivity index (χ3n) is 4.99. The van der Waals surface area contributed by atoms with E-state index in [4.69, 9.17) is 4.42 Å². The third kappa shape index (κ3) is 5.69. The van der Waals surface area contributed by atoms with Gasteiger partial charge in [0.2, 0.25) is 0 Å². The van der Waals surface area contributed by atoms with Crippen LogP contribution >= 0.6 is 0 Å². The van der Waals surface area contributed by atoms with Crippen molar-refractivity contribution in [3.05, 3.63) is 59.0 Å². The number of rotatable bonds is 7. The maximum Gasteiger partial charge on any atom is 0.471 e. The molecule has 3 rings (SSSR count). The molecule has 29 heavy (non-hydrogen) atoms. The summed E-state index contributed by atoms with van der Waals surface area (Å²) in [5, 5.41) is 3.31. The van der Waals surface area contributed by atoms with Crippen molar-refractivity contribution in [1.82, 2.24) is 10.2 Å². The van der Waals surface area contributed by atoms with E-state index < -0.39 is 12.1 Å². The summed E-state index contributed by atoms with van der Waals surface area (Å²) in [6.07, 6.45) is -0.351. The Labute approximate surface area is 166 Å². The monoisotopic (exact) mass is 408 g/mol. The molecule has 0 saturated heterocycles. The van der Waals surface area contributed by atoms with Gasteiger partial charge in [0.1, 0.15) is 0 Å². The number of furan rings is 1. The van der Waals surface area contributed by atoms with Crippen molar-refractivity contribution >= 4 is 11.7 Å². The van der Waals surface area contributed by atoms with Crippen molar-refractivity contribution in [2.75, 3.05) is 19.6 Å². The van der Waals surface area contributed by atoms with E-state index in [0.717, 1.165) is 31.5 Å². The van der Waals surface area contributed by atoms with E-state index in [1.165, 1.54) is 24.2 Å². The lowest BCUT2D eigenvalue weighted by atomic mass is 9.97. The minimum Gasteiger partial charge on any atom is -0.472 e. The van der Waals surface area contributed by atoms with Crippen LogP contribution in [-0.2, 0) is 24.2 Å². The number of Topliss-reactive ketones (excluding diaryl/α,β-unsaturated/α-hetero) is 1. The highest BCUT2D eigenvalue weighted by Gasteiger charge is 2.42. The number of nitrogens with zero attached hydrogens (tertiary/aromatic N) is 1. The Morgan fingerprint density at radius 3 is 2.55 bits per heavy atom. The van der Waals surface area contributed by atoms with Crippen LogP contribution in [0, 0.1) is 0 Å². The van der Waals surface area contributed by atoms with E-state index in [2.05, 4.69) is 5.32 Å². The van der Waals surface area contributed by atoms with E-state index in [-0.39, 0.29) is 31.7 Å². The summed E-state index contributed by atoms with van der Waals surface area (Å²) in [5.41, 5.74) is 3.38. The molecule has 1 aliphatic rings. The number of fused-ring (bicyclic) bond motifs is 1. The number of benzene rings is 1. The molecule has 0 aliphatic carbocycles. The molecule has 2 aromatic rings. The quantitative estimate of drug-likeness (QED) is 0.712. The summed E-state index contributed by atoms with van der Waals surface area (Å²) in [6.45, 7) is 1.38. The predicted molar refractivity (Wildman–Crippen MR) is 100 cm³/mol. The first-order valence-corrected chi connectivity index (χ1v) is 9.57. The molecule has 1 aromatic carbocycles. The second kappa shape index (κ2) is 9.26. The number of ketones is 1. The lowest BCUT2D eigenvalue weighted by molar-refractivity contribution is -0.186. The number of amides is 1. The van der Waals surface area contributed by atoms with Gasteiger partial charge in [-0.05, 0) is 55.6 Å². The zero-order valence-corrected chi connectivity index (χ0v) is 15.9. The number of hydrogen-bond donors (Lipinski definition) is 1. The zero-order chi connectivity index (χ0) is 20.9. The fourth-order valence-corrected chi connectivity index (χ4v) is 3.46. The summed E-state index contributed by atoms with van der Waals surface area (Å²) in [4.78, 5) is 24.9. The molecule has 1 N–H and O–H groups in total. The number of alkyl halides is 3. The average Bonchev–Trinajstić information content (AvgIpc) is 3.08. The molecule has 1 amide bonds. The van der Waals surface area contributed by atoms with Crippen LogP contribution in [0.5, 0.6) is 0 Å². The van der Waals surface area contributed by atoms with Gasteiger partial charge in [0.25, 0.3) is 0 Å². The van der Waals surface area contributed by atoms with Crippen LogP contribution < -0.4 is 5.32 Å². The number of nitrogens with one attached hydrogen (secondary N) is 1. The SMILES string of the molecule is O=C(CCCN(Cc1ccoc1)C(=O)C(F)(F)F)c1ccc2c(c1)CCNCC2. The Morgan fingerprint density at radius 1 is 1.10 bits per heavy atom. The van der Waals surface area contributed by atoms with Crippen molar-refractivity contribution in [2.45, 2.75) is 38.4 Å². The van der Waals surface area contributed by atoms with Crippen LogP contribution in [-0.4, -0.2) is 42.4 Å². The van der Waals surface area contributed by atoms with Gasteiger partial charge in [-0.15, -0.1) is 0 Å². The Hall–Kier alpha value is -2.61. The van der Waals surface area contributed by atoms with E-state index >= 15 is 0 Å². The molecule has 8 heteroatoms. The van der Waals surface area contributed by atoms with Crippen LogP contribution in [0.1, 0.15) is 39.9 Å². The van der Waals surface area contributed by atoms with Gasteiger partial charge in [0.05, 0.1) is 12.5 Å². The van der Waals surface area contributed by atoms with Gasteiger partial charge in [0, 0.05) is 30.6 Å². The summed E-state index contributed by atoms with van der Waals surface area (Å²) >= 11 is 0. The lowest BCUT2D eigenvalue weighted by Crippen LogP contribution is -2.41. The van der Waals surface area contributed by atoms with E-state index in [1.54, 1.807) is 6.07 Å². The van der Waals surface area contributed by atoms with Crippen LogP contribution in [0.15, 0.2) is 41.2 Å². The molecule has 0 spiro atoms. The van der Waals surface area contributed by atoms with Gasteiger partial charge in [-0.3, -0.25) is 9.59 Å². The predicted octanol–water partition coefficient (Wildman–Crippen LogP) is 3.52. The molecule has 0 fully saturated rings. The first-order chi connectivity index (χ1) is 13.8. The Bertz CT molecular complexity index is 847. The highest BCUT2D eigenvalue weighted by atomic mass is 19.4. The molecule has 156 valence electrons. The van der Waals surface area contributed by atoms with Crippen LogP contribution in [0.3, 0.4) is 0 Å². The number of carbonyl (C=O) groups is 2. The molecule has 1 aromatic heterocycles. The second-order valence-corrected chi connectivity index (χ2v) is 7.12. The van der Waals surface area contributed by atoms with Crippen LogP contribution in [0.2, 0.25) is 0 Å². The molecule has 5 nitrogen and oxygen atoms in total. The summed E-state index contributed by atoms with van der Waals surface area (Å²) < 4.78 is 43.5. The summed E-state index contributed by atoms with van der Waals surface area (Å²) in [7, 11) is 0. The summed E-state index contributed by atoms with van der Waals surface area (Å²) in [6, 6.07) is 7.12. The molecule has 2 heterocycles. The van der Waals surface area contributed by atoms with Crippen molar-refractivity contribution in [3.63, 3.8) is 0 Å². The van der Waals surface area contributed by atoms with Crippen molar-refractivity contribution in [3.8, 4) is 0 Å². The van der Waals surface area contributed by atoms with Crippen LogP contribution in [0.4, 0.5) is 13.2 Å². The largest absolute Gasteiger partial charge is 0.472 e. The van der Waals surface area contributed by atoms with E-state index in [9.17, 15) is 22.8 Å². The molecule has 0 bridgehead atoms.